The number of halogens is 3. The highest BCUT2D eigenvalue weighted by Gasteiger charge is 2.16. The summed E-state index contributed by atoms with van der Waals surface area (Å²) in [7, 11) is -3.17. The number of nitrogens with one attached hydrogen (secondary N) is 2. The van der Waals surface area contributed by atoms with Crippen molar-refractivity contribution >= 4 is 33.2 Å². The Bertz CT molecular complexity index is 567. The van der Waals surface area contributed by atoms with Gasteiger partial charge in [0, 0.05) is 23.2 Å². The van der Waals surface area contributed by atoms with Crippen molar-refractivity contribution in [3.05, 3.63) is 33.6 Å². The van der Waals surface area contributed by atoms with E-state index in [0.29, 0.717) is 30.1 Å². The lowest BCUT2D eigenvalue weighted by molar-refractivity contribution is 0.544. The van der Waals surface area contributed by atoms with Gasteiger partial charge in [0.25, 0.3) is 0 Å². The Kier molecular flexibility index (Phi) is 6.68. The molecule has 0 aliphatic heterocycles. The molecule has 0 fully saturated rings. The maximum Gasteiger partial charge on any atom is 0.208 e. The Hall–Kier alpha value is -0.400. The smallest absolute Gasteiger partial charge is 0.208 e. The molecule has 0 saturated heterocycles. The number of hydrogen-bond donors (Lipinski definition) is 2. The van der Waals surface area contributed by atoms with Gasteiger partial charge in [0.05, 0.1) is 11.3 Å². The zero-order chi connectivity index (χ0) is 15.3. The standard InChI is InChI=1S/C12H17Cl2FN2O2S/c1-8(16-6-3-7-17-20(2,18)19)11-9(13)4-5-10(15)12(11)14/h4-5,8,16-17H,3,6-7H2,1-2H3. The molecule has 0 saturated carbocycles. The van der Waals surface area contributed by atoms with Crippen molar-refractivity contribution in [1.29, 1.82) is 0 Å². The van der Waals surface area contributed by atoms with Gasteiger partial charge >= 0.3 is 0 Å². The summed E-state index contributed by atoms with van der Waals surface area (Å²) >= 11 is 11.9. The van der Waals surface area contributed by atoms with Crippen LogP contribution >= 0.6 is 23.2 Å². The van der Waals surface area contributed by atoms with E-state index in [1.54, 1.807) is 0 Å². The van der Waals surface area contributed by atoms with Gasteiger partial charge in [-0.15, -0.1) is 0 Å². The molecule has 8 heteroatoms. The third kappa shape index (κ3) is 5.54. The molecule has 2 N–H and O–H groups in total. The van der Waals surface area contributed by atoms with E-state index >= 15 is 0 Å². The summed E-state index contributed by atoms with van der Waals surface area (Å²) in [6.07, 6.45) is 1.71. The van der Waals surface area contributed by atoms with Gasteiger partial charge in [0.1, 0.15) is 5.82 Å². The molecule has 0 aliphatic carbocycles. The predicted molar refractivity (Wildman–Crippen MR) is 80.3 cm³/mol. The Morgan fingerprint density at radius 2 is 1.95 bits per heavy atom. The highest BCUT2D eigenvalue weighted by atomic mass is 35.5. The van der Waals surface area contributed by atoms with Crippen molar-refractivity contribution in [2.24, 2.45) is 0 Å². The van der Waals surface area contributed by atoms with E-state index in [1.165, 1.54) is 12.1 Å². The van der Waals surface area contributed by atoms with Gasteiger partial charge in [-0.2, -0.15) is 0 Å². The minimum Gasteiger partial charge on any atom is -0.310 e. The molecule has 4 nitrogen and oxygen atoms in total. The Balaban J connectivity index is 2.52. The van der Waals surface area contributed by atoms with Crippen LogP contribution in [0.15, 0.2) is 12.1 Å². The van der Waals surface area contributed by atoms with Crippen LogP contribution in [0.25, 0.3) is 0 Å². The molecular weight excluding hydrogens is 326 g/mol. The average molecular weight is 343 g/mol. The first-order chi connectivity index (χ1) is 9.22. The lowest BCUT2D eigenvalue weighted by atomic mass is 10.1. The molecule has 0 aliphatic rings. The van der Waals surface area contributed by atoms with Crippen LogP contribution in [0.2, 0.25) is 10.0 Å². The number of rotatable bonds is 7. The third-order valence-electron chi connectivity index (χ3n) is 2.68. The van der Waals surface area contributed by atoms with Crippen LogP contribution in [0.4, 0.5) is 4.39 Å². The molecule has 0 aromatic heterocycles. The van der Waals surface area contributed by atoms with Gasteiger partial charge in [-0.1, -0.05) is 23.2 Å². The third-order valence-corrected chi connectivity index (χ3v) is 4.12. The number of hydrogen-bond acceptors (Lipinski definition) is 3. The minimum absolute atomic E-state index is 0.00626. The Morgan fingerprint density at radius 1 is 1.30 bits per heavy atom. The van der Waals surface area contributed by atoms with E-state index < -0.39 is 15.8 Å². The topological polar surface area (TPSA) is 58.2 Å². The maximum absolute atomic E-state index is 13.4. The molecule has 0 spiro atoms. The molecule has 1 aromatic rings. The van der Waals surface area contributed by atoms with E-state index in [4.69, 9.17) is 23.2 Å². The quantitative estimate of drug-likeness (QED) is 0.591. The predicted octanol–water partition coefficient (Wildman–Crippen LogP) is 2.72. The van der Waals surface area contributed by atoms with Crippen molar-refractivity contribution in [1.82, 2.24) is 10.0 Å². The largest absolute Gasteiger partial charge is 0.310 e. The molecule has 0 amide bonds. The first kappa shape index (κ1) is 17.7. The van der Waals surface area contributed by atoms with E-state index in [2.05, 4.69) is 10.0 Å². The van der Waals surface area contributed by atoms with E-state index in [-0.39, 0.29) is 11.1 Å². The second kappa shape index (κ2) is 7.56. The second-order valence-electron chi connectivity index (χ2n) is 4.45. The van der Waals surface area contributed by atoms with Gasteiger partial charge < -0.3 is 5.32 Å². The lowest BCUT2D eigenvalue weighted by Gasteiger charge is -2.17. The van der Waals surface area contributed by atoms with Gasteiger partial charge in [-0.25, -0.2) is 17.5 Å². The molecule has 1 unspecified atom stereocenters. The van der Waals surface area contributed by atoms with Crippen molar-refractivity contribution in [3.63, 3.8) is 0 Å². The Morgan fingerprint density at radius 3 is 2.55 bits per heavy atom. The zero-order valence-electron chi connectivity index (χ0n) is 11.2. The van der Waals surface area contributed by atoms with E-state index in [9.17, 15) is 12.8 Å². The van der Waals surface area contributed by atoms with Crippen LogP contribution in [-0.4, -0.2) is 27.8 Å². The molecule has 20 heavy (non-hydrogen) atoms. The summed E-state index contributed by atoms with van der Waals surface area (Å²) in [4.78, 5) is 0. The molecular formula is C12H17Cl2FN2O2S. The number of benzene rings is 1. The highest BCUT2D eigenvalue weighted by molar-refractivity contribution is 7.88. The summed E-state index contributed by atoms with van der Waals surface area (Å²) in [5.74, 6) is -0.515. The molecule has 0 bridgehead atoms. The van der Waals surface area contributed by atoms with Crippen LogP contribution in [0.3, 0.4) is 0 Å². The summed E-state index contributed by atoms with van der Waals surface area (Å²) in [5, 5.41) is 3.52. The van der Waals surface area contributed by atoms with Crippen LogP contribution < -0.4 is 10.0 Å². The monoisotopic (exact) mass is 342 g/mol. The maximum atomic E-state index is 13.4. The molecule has 1 rings (SSSR count). The van der Waals surface area contributed by atoms with Gasteiger partial charge in [-0.3, -0.25) is 0 Å². The second-order valence-corrected chi connectivity index (χ2v) is 7.07. The van der Waals surface area contributed by atoms with Crippen LogP contribution in [0, 0.1) is 5.82 Å². The molecule has 1 aromatic carbocycles. The van der Waals surface area contributed by atoms with Crippen molar-refractivity contribution in [3.8, 4) is 0 Å². The van der Waals surface area contributed by atoms with Crippen molar-refractivity contribution < 1.29 is 12.8 Å². The normalized spacial score (nSPS) is 13.4. The zero-order valence-corrected chi connectivity index (χ0v) is 13.5. The fourth-order valence-corrected chi connectivity index (χ4v) is 2.92. The summed E-state index contributed by atoms with van der Waals surface area (Å²) in [5.41, 5.74) is 0.504. The van der Waals surface area contributed by atoms with Gasteiger partial charge in [0.15, 0.2) is 0 Å². The first-order valence-corrected chi connectivity index (χ1v) is 8.68. The van der Waals surface area contributed by atoms with E-state index in [0.717, 1.165) is 6.26 Å². The van der Waals surface area contributed by atoms with Crippen LogP contribution in [0.5, 0.6) is 0 Å². The summed E-state index contributed by atoms with van der Waals surface area (Å²) in [6, 6.07) is 2.45. The van der Waals surface area contributed by atoms with Gasteiger partial charge in [-0.05, 0) is 32.0 Å². The molecule has 114 valence electrons. The lowest BCUT2D eigenvalue weighted by Crippen LogP contribution is -2.27. The summed E-state index contributed by atoms with van der Waals surface area (Å²) < 4.78 is 37.5. The molecule has 0 radical (unpaired) electrons. The Labute approximate surface area is 128 Å². The molecule has 0 heterocycles. The average Bonchev–Trinajstić information content (AvgIpc) is 2.32. The summed E-state index contributed by atoms with van der Waals surface area (Å²) in [6.45, 7) is 2.70. The van der Waals surface area contributed by atoms with Crippen molar-refractivity contribution in [2.75, 3.05) is 19.3 Å². The first-order valence-electron chi connectivity index (χ1n) is 6.04. The van der Waals surface area contributed by atoms with E-state index in [1.807, 2.05) is 6.92 Å². The SMILES string of the molecule is CC(NCCCNS(C)(=O)=O)c1c(Cl)ccc(F)c1Cl. The van der Waals surface area contributed by atoms with Crippen LogP contribution in [-0.2, 0) is 10.0 Å². The number of sulfonamides is 1. The molecule has 1 atom stereocenters. The highest BCUT2D eigenvalue weighted by Crippen LogP contribution is 2.32. The van der Waals surface area contributed by atoms with Crippen LogP contribution in [0.1, 0.15) is 24.9 Å². The fourth-order valence-electron chi connectivity index (χ4n) is 1.71. The van der Waals surface area contributed by atoms with Crippen molar-refractivity contribution in [2.45, 2.75) is 19.4 Å². The van der Waals surface area contributed by atoms with Gasteiger partial charge in [0.2, 0.25) is 10.0 Å². The fraction of sp³-hybridized carbons (Fsp3) is 0.500. The minimum atomic E-state index is -3.17.